The molecule has 0 spiro atoms. The van der Waals surface area contributed by atoms with Gasteiger partial charge in [-0.25, -0.2) is 9.79 Å². The van der Waals surface area contributed by atoms with Crippen LogP contribution in [0.5, 0.6) is 17.2 Å². The summed E-state index contributed by atoms with van der Waals surface area (Å²) < 4.78 is 20.8. The van der Waals surface area contributed by atoms with E-state index in [-0.39, 0.29) is 17.3 Å². The van der Waals surface area contributed by atoms with Crippen LogP contribution in [0.3, 0.4) is 0 Å². The fourth-order valence-corrected chi connectivity index (χ4v) is 2.51. The second kappa shape index (κ2) is 7.74. The Bertz CT molecular complexity index is 961. The van der Waals surface area contributed by atoms with Gasteiger partial charge in [-0.3, -0.25) is 4.79 Å². The predicted octanol–water partition coefficient (Wildman–Crippen LogP) is 2.97. The van der Waals surface area contributed by atoms with Gasteiger partial charge in [-0.15, -0.1) is 0 Å². The lowest BCUT2D eigenvalue weighted by atomic mass is 10.1. The molecule has 27 heavy (non-hydrogen) atoms. The third-order valence-electron chi connectivity index (χ3n) is 3.70. The zero-order valence-electron chi connectivity index (χ0n) is 15.0. The summed E-state index contributed by atoms with van der Waals surface area (Å²) in [7, 11) is 3.07. The minimum atomic E-state index is -0.600. The van der Waals surface area contributed by atoms with Crippen molar-refractivity contribution in [2.45, 2.75) is 6.92 Å². The molecule has 2 aromatic carbocycles. The van der Waals surface area contributed by atoms with Crippen molar-refractivity contribution in [3.63, 3.8) is 0 Å². The molecular weight excluding hydrogens is 350 g/mol. The monoisotopic (exact) mass is 367 g/mol. The highest BCUT2D eigenvalue weighted by Crippen LogP contribution is 2.30. The number of carbonyl (C=O) groups is 2. The first-order valence-corrected chi connectivity index (χ1v) is 8.04. The SMILES string of the molecule is COc1ccc(C=C2N=C(c3ccccc3OC(C)=O)OC2=O)cc1OC. The number of benzene rings is 2. The Labute approximate surface area is 155 Å². The first-order chi connectivity index (χ1) is 13.0. The van der Waals surface area contributed by atoms with Crippen molar-refractivity contribution in [1.29, 1.82) is 0 Å². The van der Waals surface area contributed by atoms with Crippen LogP contribution in [-0.2, 0) is 14.3 Å². The summed E-state index contributed by atoms with van der Waals surface area (Å²) in [6.07, 6.45) is 1.58. The van der Waals surface area contributed by atoms with Gasteiger partial charge < -0.3 is 18.9 Å². The van der Waals surface area contributed by atoms with Crippen molar-refractivity contribution in [2.24, 2.45) is 4.99 Å². The van der Waals surface area contributed by atoms with Gasteiger partial charge in [-0.1, -0.05) is 18.2 Å². The number of carbonyl (C=O) groups excluding carboxylic acids is 2. The minimum absolute atomic E-state index is 0.0728. The van der Waals surface area contributed by atoms with E-state index >= 15 is 0 Å². The Morgan fingerprint density at radius 1 is 1.04 bits per heavy atom. The number of hydrogen-bond acceptors (Lipinski definition) is 7. The molecule has 0 saturated heterocycles. The topological polar surface area (TPSA) is 83.4 Å². The molecule has 1 heterocycles. The zero-order valence-corrected chi connectivity index (χ0v) is 15.0. The van der Waals surface area contributed by atoms with E-state index in [1.54, 1.807) is 55.7 Å². The maximum Gasteiger partial charge on any atom is 0.363 e. The lowest BCUT2D eigenvalue weighted by Gasteiger charge is -2.07. The molecule has 7 heteroatoms. The first kappa shape index (κ1) is 18.2. The molecule has 0 unspecified atom stereocenters. The Kier molecular flexibility index (Phi) is 5.21. The Balaban J connectivity index is 1.96. The standard InChI is InChI=1S/C20H17NO6/c1-12(22)26-16-7-5-4-6-14(16)19-21-15(20(23)27-19)10-13-8-9-17(24-2)18(11-13)25-3/h4-11H,1-3H3. The summed E-state index contributed by atoms with van der Waals surface area (Å²) in [5, 5.41) is 0. The van der Waals surface area contributed by atoms with E-state index in [4.69, 9.17) is 18.9 Å². The fourth-order valence-electron chi connectivity index (χ4n) is 2.51. The van der Waals surface area contributed by atoms with Crippen LogP contribution in [-0.4, -0.2) is 32.1 Å². The smallest absolute Gasteiger partial charge is 0.363 e. The molecule has 0 fully saturated rings. The molecule has 7 nitrogen and oxygen atoms in total. The number of methoxy groups -OCH3 is 2. The summed E-state index contributed by atoms with van der Waals surface area (Å²) in [6.45, 7) is 1.29. The summed E-state index contributed by atoms with van der Waals surface area (Å²) >= 11 is 0. The molecular formula is C20H17NO6. The number of esters is 2. The molecule has 0 saturated carbocycles. The summed E-state index contributed by atoms with van der Waals surface area (Å²) in [6, 6.07) is 11.9. The van der Waals surface area contributed by atoms with E-state index in [0.717, 1.165) is 0 Å². The van der Waals surface area contributed by atoms with E-state index in [1.807, 2.05) is 0 Å². The van der Waals surface area contributed by atoms with Crippen molar-refractivity contribution < 1.29 is 28.5 Å². The zero-order chi connectivity index (χ0) is 19.4. The third kappa shape index (κ3) is 3.98. The number of aliphatic imine (C=N–C) groups is 1. The highest BCUT2D eigenvalue weighted by Gasteiger charge is 2.26. The second-order valence-electron chi connectivity index (χ2n) is 5.54. The lowest BCUT2D eigenvalue weighted by molar-refractivity contribution is -0.132. The van der Waals surface area contributed by atoms with Crippen LogP contribution >= 0.6 is 0 Å². The Morgan fingerprint density at radius 2 is 1.78 bits per heavy atom. The van der Waals surface area contributed by atoms with Gasteiger partial charge in [0.05, 0.1) is 19.8 Å². The van der Waals surface area contributed by atoms with E-state index in [1.165, 1.54) is 14.0 Å². The summed E-state index contributed by atoms with van der Waals surface area (Å²) in [5.41, 5.74) is 1.23. The highest BCUT2D eigenvalue weighted by atomic mass is 16.6. The summed E-state index contributed by atoms with van der Waals surface area (Å²) in [5.74, 6) is 0.370. The van der Waals surface area contributed by atoms with Gasteiger partial charge in [0, 0.05) is 6.92 Å². The van der Waals surface area contributed by atoms with E-state index in [9.17, 15) is 9.59 Å². The second-order valence-corrected chi connectivity index (χ2v) is 5.54. The van der Waals surface area contributed by atoms with Crippen molar-refractivity contribution in [2.75, 3.05) is 14.2 Å². The number of ether oxygens (including phenoxy) is 4. The van der Waals surface area contributed by atoms with Crippen LogP contribution in [0.25, 0.3) is 6.08 Å². The average molecular weight is 367 g/mol. The third-order valence-corrected chi connectivity index (χ3v) is 3.70. The normalized spacial score (nSPS) is 14.6. The molecule has 2 aromatic rings. The molecule has 1 aliphatic heterocycles. The molecule has 0 aliphatic carbocycles. The quantitative estimate of drug-likeness (QED) is 0.459. The number of nitrogens with zero attached hydrogens (tertiary/aromatic N) is 1. The van der Waals surface area contributed by atoms with Crippen LogP contribution in [0.4, 0.5) is 0 Å². The van der Waals surface area contributed by atoms with Gasteiger partial charge in [0.1, 0.15) is 5.75 Å². The molecule has 3 rings (SSSR count). The van der Waals surface area contributed by atoms with Crippen LogP contribution in [0, 0.1) is 0 Å². The fraction of sp³-hybridized carbons (Fsp3) is 0.150. The van der Waals surface area contributed by atoms with E-state index in [2.05, 4.69) is 4.99 Å². The largest absolute Gasteiger partial charge is 0.493 e. The highest BCUT2D eigenvalue weighted by molar-refractivity contribution is 6.14. The molecule has 0 aromatic heterocycles. The van der Waals surface area contributed by atoms with Gasteiger partial charge in [-0.2, -0.15) is 0 Å². The van der Waals surface area contributed by atoms with E-state index < -0.39 is 11.9 Å². The van der Waals surface area contributed by atoms with Crippen LogP contribution in [0.2, 0.25) is 0 Å². The van der Waals surface area contributed by atoms with Gasteiger partial charge in [0.25, 0.3) is 0 Å². The Morgan fingerprint density at radius 3 is 2.48 bits per heavy atom. The van der Waals surface area contributed by atoms with Crippen molar-refractivity contribution >= 4 is 23.9 Å². The van der Waals surface area contributed by atoms with Gasteiger partial charge >= 0.3 is 11.9 Å². The predicted molar refractivity (Wildman–Crippen MR) is 97.9 cm³/mol. The Hall–Kier alpha value is -3.61. The van der Waals surface area contributed by atoms with Crippen LogP contribution in [0.15, 0.2) is 53.2 Å². The molecule has 1 aliphatic rings. The summed E-state index contributed by atoms with van der Waals surface area (Å²) in [4.78, 5) is 27.7. The number of para-hydroxylation sites is 1. The van der Waals surface area contributed by atoms with Gasteiger partial charge in [0.2, 0.25) is 5.90 Å². The molecule has 0 radical (unpaired) electrons. The molecule has 0 atom stereocenters. The van der Waals surface area contributed by atoms with Crippen molar-refractivity contribution in [1.82, 2.24) is 0 Å². The lowest BCUT2D eigenvalue weighted by Crippen LogP contribution is -2.10. The molecule has 0 amide bonds. The van der Waals surface area contributed by atoms with Crippen LogP contribution in [0.1, 0.15) is 18.1 Å². The number of cyclic esters (lactones) is 1. The van der Waals surface area contributed by atoms with E-state index in [0.29, 0.717) is 22.6 Å². The number of rotatable bonds is 5. The van der Waals surface area contributed by atoms with Gasteiger partial charge in [-0.05, 0) is 35.9 Å². The van der Waals surface area contributed by atoms with Crippen molar-refractivity contribution in [3.8, 4) is 17.2 Å². The minimum Gasteiger partial charge on any atom is -0.493 e. The van der Waals surface area contributed by atoms with Gasteiger partial charge in [0.15, 0.2) is 17.2 Å². The maximum absolute atomic E-state index is 12.2. The average Bonchev–Trinajstić information content (AvgIpc) is 3.01. The molecule has 0 bridgehead atoms. The molecule has 138 valence electrons. The number of hydrogen-bond donors (Lipinski definition) is 0. The first-order valence-electron chi connectivity index (χ1n) is 8.04. The van der Waals surface area contributed by atoms with Crippen LogP contribution < -0.4 is 14.2 Å². The molecule has 0 N–H and O–H groups in total. The maximum atomic E-state index is 12.2. The van der Waals surface area contributed by atoms with Crippen molar-refractivity contribution in [3.05, 3.63) is 59.3 Å².